The van der Waals surface area contributed by atoms with Crippen molar-refractivity contribution in [3.8, 4) is 17.2 Å². The number of amides is 1. The van der Waals surface area contributed by atoms with Crippen molar-refractivity contribution in [3.05, 3.63) is 23.8 Å². The van der Waals surface area contributed by atoms with Crippen LogP contribution in [0.4, 0.5) is 5.13 Å². The van der Waals surface area contributed by atoms with Crippen molar-refractivity contribution >= 4 is 40.2 Å². The molecule has 25 heavy (non-hydrogen) atoms. The maximum Gasteiger partial charge on any atom is 0.250 e. The van der Waals surface area contributed by atoms with Crippen LogP contribution in [0.5, 0.6) is 17.2 Å². The van der Waals surface area contributed by atoms with Crippen LogP contribution in [0.3, 0.4) is 0 Å². The van der Waals surface area contributed by atoms with Gasteiger partial charge in [-0.1, -0.05) is 30.0 Å². The Hall–Kier alpha value is -2.26. The molecule has 1 N–H and O–H groups in total. The van der Waals surface area contributed by atoms with E-state index in [0.717, 1.165) is 15.7 Å². The molecule has 134 valence electrons. The summed E-state index contributed by atoms with van der Waals surface area (Å²) < 4.78 is 16.7. The lowest BCUT2D eigenvalue weighted by molar-refractivity contribution is -0.111. The second-order valence-electron chi connectivity index (χ2n) is 4.59. The van der Waals surface area contributed by atoms with Gasteiger partial charge in [0.1, 0.15) is 0 Å². The van der Waals surface area contributed by atoms with E-state index in [2.05, 4.69) is 15.5 Å². The fourth-order valence-corrected chi connectivity index (χ4v) is 3.61. The highest BCUT2D eigenvalue weighted by Gasteiger charge is 2.12. The van der Waals surface area contributed by atoms with Gasteiger partial charge >= 0.3 is 0 Å². The minimum Gasteiger partial charge on any atom is -0.493 e. The Kier molecular flexibility index (Phi) is 7.08. The molecule has 0 aliphatic carbocycles. The lowest BCUT2D eigenvalue weighted by Gasteiger charge is -2.12. The highest BCUT2D eigenvalue weighted by Crippen LogP contribution is 2.38. The highest BCUT2D eigenvalue weighted by atomic mass is 32.2. The second kappa shape index (κ2) is 9.28. The van der Waals surface area contributed by atoms with Crippen molar-refractivity contribution in [3.63, 3.8) is 0 Å². The van der Waals surface area contributed by atoms with Crippen LogP contribution in [0.25, 0.3) is 6.08 Å². The van der Waals surface area contributed by atoms with Crippen LogP contribution in [0, 0.1) is 0 Å². The number of benzene rings is 1. The standard InChI is InChI=1S/C16H19N3O4S2/c1-5-24-16-19-18-15(25-16)17-13(20)7-6-10-8-11(21-2)14(23-4)12(9-10)22-3/h6-9H,5H2,1-4H3,(H,17,18,20)/b7-6+. The zero-order valence-corrected chi connectivity index (χ0v) is 16.0. The lowest BCUT2D eigenvalue weighted by atomic mass is 10.1. The number of nitrogens with zero attached hydrogens (tertiary/aromatic N) is 2. The van der Waals surface area contributed by atoms with E-state index in [1.54, 1.807) is 44.2 Å². The molecule has 1 aromatic heterocycles. The number of rotatable bonds is 8. The van der Waals surface area contributed by atoms with Crippen LogP contribution in [0.15, 0.2) is 22.5 Å². The van der Waals surface area contributed by atoms with E-state index >= 15 is 0 Å². The fraction of sp³-hybridized carbons (Fsp3) is 0.312. The highest BCUT2D eigenvalue weighted by molar-refractivity contribution is 8.01. The summed E-state index contributed by atoms with van der Waals surface area (Å²) in [4.78, 5) is 12.0. The molecule has 0 radical (unpaired) electrons. The molecule has 0 bridgehead atoms. The Bertz CT molecular complexity index is 737. The normalized spacial score (nSPS) is 10.7. The monoisotopic (exact) mass is 381 g/mol. The number of nitrogens with one attached hydrogen (secondary N) is 1. The number of hydrogen-bond acceptors (Lipinski definition) is 8. The van der Waals surface area contributed by atoms with Gasteiger partial charge in [0.2, 0.25) is 16.8 Å². The SMILES string of the molecule is CCSc1nnc(NC(=O)/C=C/c2cc(OC)c(OC)c(OC)c2)s1. The van der Waals surface area contributed by atoms with Gasteiger partial charge in [0.05, 0.1) is 21.3 Å². The molecular weight excluding hydrogens is 362 g/mol. The Labute approximate surface area is 154 Å². The Morgan fingerprint density at radius 2 is 1.88 bits per heavy atom. The molecule has 0 aliphatic heterocycles. The molecule has 9 heteroatoms. The first-order chi connectivity index (χ1) is 12.1. The summed E-state index contributed by atoms with van der Waals surface area (Å²) in [6.45, 7) is 2.03. The van der Waals surface area contributed by atoms with Gasteiger partial charge in [0.25, 0.3) is 0 Å². The smallest absolute Gasteiger partial charge is 0.250 e. The first-order valence-electron chi connectivity index (χ1n) is 7.36. The van der Waals surface area contributed by atoms with Gasteiger partial charge in [-0.05, 0) is 29.5 Å². The molecule has 2 aromatic rings. The second-order valence-corrected chi connectivity index (χ2v) is 7.08. The van der Waals surface area contributed by atoms with E-state index in [4.69, 9.17) is 14.2 Å². The van der Waals surface area contributed by atoms with E-state index in [1.165, 1.54) is 24.5 Å². The number of anilines is 1. The number of carbonyl (C=O) groups excluding carboxylic acids is 1. The van der Waals surface area contributed by atoms with Crippen molar-refractivity contribution in [2.24, 2.45) is 0 Å². The van der Waals surface area contributed by atoms with Crippen molar-refractivity contribution in [1.82, 2.24) is 10.2 Å². The van der Waals surface area contributed by atoms with E-state index in [0.29, 0.717) is 22.4 Å². The van der Waals surface area contributed by atoms with E-state index < -0.39 is 0 Å². The predicted molar refractivity (Wildman–Crippen MR) is 100 cm³/mol. The number of hydrogen-bond donors (Lipinski definition) is 1. The third kappa shape index (κ3) is 5.10. The predicted octanol–water partition coefficient (Wildman–Crippen LogP) is 3.33. The summed E-state index contributed by atoms with van der Waals surface area (Å²) in [6.07, 6.45) is 3.07. The number of ether oxygens (including phenoxy) is 3. The van der Waals surface area contributed by atoms with Crippen LogP contribution in [0.1, 0.15) is 12.5 Å². The summed E-state index contributed by atoms with van der Waals surface area (Å²) in [7, 11) is 4.62. The maximum atomic E-state index is 12.0. The molecule has 0 spiro atoms. The quantitative estimate of drug-likeness (QED) is 0.427. The average Bonchev–Trinajstić information content (AvgIpc) is 3.06. The first kappa shape index (κ1) is 19.1. The van der Waals surface area contributed by atoms with Gasteiger partial charge < -0.3 is 14.2 Å². The summed E-state index contributed by atoms with van der Waals surface area (Å²) in [5.41, 5.74) is 0.740. The topological polar surface area (TPSA) is 82.6 Å². The summed E-state index contributed by atoms with van der Waals surface area (Å²) in [6, 6.07) is 3.51. The number of aromatic nitrogens is 2. The van der Waals surface area contributed by atoms with Crippen molar-refractivity contribution in [2.75, 3.05) is 32.4 Å². The molecule has 0 fully saturated rings. The largest absolute Gasteiger partial charge is 0.493 e. The van der Waals surface area contributed by atoms with Crippen LogP contribution >= 0.6 is 23.1 Å². The molecule has 0 unspecified atom stereocenters. The zero-order valence-electron chi connectivity index (χ0n) is 14.4. The molecule has 1 aromatic carbocycles. The minimum absolute atomic E-state index is 0.294. The van der Waals surface area contributed by atoms with Gasteiger partial charge in [-0.3, -0.25) is 10.1 Å². The first-order valence-corrected chi connectivity index (χ1v) is 9.16. The van der Waals surface area contributed by atoms with Crippen molar-refractivity contribution in [1.29, 1.82) is 0 Å². The van der Waals surface area contributed by atoms with E-state index in [-0.39, 0.29) is 5.91 Å². The van der Waals surface area contributed by atoms with Crippen molar-refractivity contribution in [2.45, 2.75) is 11.3 Å². The van der Waals surface area contributed by atoms with Gasteiger partial charge in [0.15, 0.2) is 15.8 Å². The fourth-order valence-electron chi connectivity index (χ4n) is 1.96. The molecule has 1 amide bonds. The van der Waals surface area contributed by atoms with Crippen LogP contribution in [0.2, 0.25) is 0 Å². The maximum absolute atomic E-state index is 12.0. The molecule has 0 saturated heterocycles. The van der Waals surface area contributed by atoms with Crippen LogP contribution < -0.4 is 19.5 Å². The minimum atomic E-state index is -0.294. The molecule has 0 atom stereocenters. The third-order valence-corrected chi connectivity index (χ3v) is 4.87. The third-order valence-electron chi connectivity index (χ3n) is 3.02. The summed E-state index contributed by atoms with van der Waals surface area (Å²) >= 11 is 2.92. The average molecular weight is 381 g/mol. The van der Waals surface area contributed by atoms with Crippen LogP contribution in [-0.4, -0.2) is 43.2 Å². The van der Waals surface area contributed by atoms with E-state index in [1.807, 2.05) is 6.92 Å². The van der Waals surface area contributed by atoms with Gasteiger partial charge in [-0.25, -0.2) is 0 Å². The zero-order chi connectivity index (χ0) is 18.2. The lowest BCUT2D eigenvalue weighted by Crippen LogP contribution is -2.07. The Morgan fingerprint density at radius 1 is 1.20 bits per heavy atom. The molecule has 0 saturated carbocycles. The van der Waals surface area contributed by atoms with Crippen molar-refractivity contribution < 1.29 is 19.0 Å². The molecular formula is C16H19N3O4S2. The van der Waals surface area contributed by atoms with Gasteiger partial charge in [-0.15, -0.1) is 10.2 Å². The summed E-state index contributed by atoms with van der Waals surface area (Å²) in [5.74, 6) is 2.16. The van der Waals surface area contributed by atoms with Crippen LogP contribution in [-0.2, 0) is 4.79 Å². The number of methoxy groups -OCH3 is 3. The summed E-state index contributed by atoms with van der Waals surface area (Å²) in [5, 5.41) is 11.1. The van der Waals surface area contributed by atoms with Gasteiger partial charge in [-0.2, -0.15) is 0 Å². The molecule has 1 heterocycles. The van der Waals surface area contributed by atoms with Gasteiger partial charge in [0, 0.05) is 6.08 Å². The number of thioether (sulfide) groups is 1. The van der Waals surface area contributed by atoms with E-state index in [9.17, 15) is 4.79 Å². The molecule has 0 aliphatic rings. The number of carbonyl (C=O) groups is 1. The Morgan fingerprint density at radius 3 is 2.44 bits per heavy atom. The molecule has 2 rings (SSSR count). The Balaban J connectivity index is 2.10. The molecule has 7 nitrogen and oxygen atoms in total.